The van der Waals surface area contributed by atoms with Crippen molar-refractivity contribution in [1.29, 1.82) is 0 Å². The standard InChI is InChI=1S/C24H25ClN2O6/c1-24(2,3)33-23(32)27(13-14-4-6-17(22(30)31)18(25)12-14)11-10-15-5-8-19(28)21-16(15)7-9-20(29)26-21/h4-9,12,28H,10-11,13H2,1-3H3,(H,26,29)(H,30,31). The molecular formula is C24H25ClN2O6. The van der Waals surface area contributed by atoms with Crippen molar-refractivity contribution in [3.8, 4) is 5.75 Å². The number of phenols is 1. The van der Waals surface area contributed by atoms with Gasteiger partial charge in [-0.3, -0.25) is 4.79 Å². The number of carboxylic acid groups (broad SMARTS) is 1. The van der Waals surface area contributed by atoms with Crippen LogP contribution < -0.4 is 5.56 Å². The Bertz CT molecular complexity index is 1260. The molecule has 0 saturated carbocycles. The molecule has 0 spiro atoms. The van der Waals surface area contributed by atoms with E-state index in [-0.39, 0.29) is 35.0 Å². The van der Waals surface area contributed by atoms with Gasteiger partial charge in [-0.2, -0.15) is 0 Å². The Hall–Kier alpha value is -3.52. The number of pyridine rings is 1. The van der Waals surface area contributed by atoms with Gasteiger partial charge in [-0.1, -0.05) is 23.7 Å². The number of aromatic hydroxyl groups is 1. The molecule has 1 aromatic heterocycles. The second-order valence-corrected chi connectivity index (χ2v) is 9.03. The highest BCUT2D eigenvalue weighted by Gasteiger charge is 2.23. The summed E-state index contributed by atoms with van der Waals surface area (Å²) in [5, 5.41) is 20.0. The third-order valence-corrected chi connectivity index (χ3v) is 5.22. The number of H-pyrrole nitrogens is 1. The summed E-state index contributed by atoms with van der Waals surface area (Å²) in [5.74, 6) is -1.17. The molecule has 0 bridgehead atoms. The van der Waals surface area contributed by atoms with E-state index in [1.54, 1.807) is 39.0 Å². The maximum absolute atomic E-state index is 12.9. The minimum absolute atomic E-state index is 0.0196. The molecule has 0 atom stereocenters. The highest BCUT2D eigenvalue weighted by atomic mass is 35.5. The number of phenolic OH excluding ortho intramolecular Hbond substituents is 1. The lowest BCUT2D eigenvalue weighted by atomic mass is 10.0. The molecule has 3 aromatic rings. The molecule has 0 radical (unpaired) electrons. The number of fused-ring (bicyclic) bond motifs is 1. The molecule has 0 aliphatic carbocycles. The lowest BCUT2D eigenvalue weighted by molar-refractivity contribution is 0.0235. The maximum Gasteiger partial charge on any atom is 0.410 e. The fraction of sp³-hybridized carbons (Fsp3) is 0.292. The monoisotopic (exact) mass is 472 g/mol. The number of carbonyl (C=O) groups excluding carboxylic acids is 1. The molecule has 0 saturated heterocycles. The first-order valence-corrected chi connectivity index (χ1v) is 10.7. The summed E-state index contributed by atoms with van der Waals surface area (Å²) in [7, 11) is 0. The van der Waals surface area contributed by atoms with Gasteiger partial charge in [0.25, 0.3) is 0 Å². The molecule has 8 nitrogen and oxygen atoms in total. The average Bonchev–Trinajstić information content (AvgIpc) is 2.71. The number of nitrogens with zero attached hydrogens (tertiary/aromatic N) is 1. The van der Waals surface area contributed by atoms with Gasteiger partial charge in [-0.05, 0) is 62.6 Å². The largest absolute Gasteiger partial charge is 0.506 e. The summed E-state index contributed by atoms with van der Waals surface area (Å²) in [6, 6.07) is 10.8. The zero-order chi connectivity index (χ0) is 24.3. The zero-order valence-electron chi connectivity index (χ0n) is 18.5. The number of halogens is 1. The molecule has 0 aliphatic heterocycles. The number of aromatic amines is 1. The Labute approximate surface area is 195 Å². The lowest BCUT2D eigenvalue weighted by Crippen LogP contribution is -2.37. The minimum Gasteiger partial charge on any atom is -0.506 e. The van der Waals surface area contributed by atoms with Gasteiger partial charge in [-0.15, -0.1) is 0 Å². The predicted molar refractivity (Wildman–Crippen MR) is 125 cm³/mol. The number of nitrogens with one attached hydrogen (secondary N) is 1. The first-order chi connectivity index (χ1) is 15.4. The van der Waals surface area contributed by atoms with Crippen molar-refractivity contribution in [3.05, 3.63) is 74.5 Å². The zero-order valence-corrected chi connectivity index (χ0v) is 19.3. The fourth-order valence-electron chi connectivity index (χ4n) is 3.38. The second kappa shape index (κ2) is 9.54. The number of hydrogen-bond acceptors (Lipinski definition) is 5. The number of carbonyl (C=O) groups is 2. The fourth-order valence-corrected chi connectivity index (χ4v) is 3.67. The van der Waals surface area contributed by atoms with Crippen LogP contribution in [0.3, 0.4) is 0 Å². The van der Waals surface area contributed by atoms with Gasteiger partial charge < -0.3 is 24.8 Å². The molecule has 1 heterocycles. The molecule has 0 unspecified atom stereocenters. The molecule has 0 fully saturated rings. The number of rotatable bonds is 6. The van der Waals surface area contributed by atoms with Crippen molar-refractivity contribution >= 4 is 34.6 Å². The quantitative estimate of drug-likeness (QED) is 0.483. The molecule has 33 heavy (non-hydrogen) atoms. The van der Waals surface area contributed by atoms with Crippen molar-refractivity contribution in [3.63, 3.8) is 0 Å². The molecular weight excluding hydrogens is 448 g/mol. The number of benzene rings is 2. The molecule has 1 amide bonds. The molecule has 2 aromatic carbocycles. The van der Waals surface area contributed by atoms with Gasteiger partial charge in [0.05, 0.1) is 16.1 Å². The van der Waals surface area contributed by atoms with Crippen molar-refractivity contribution in [1.82, 2.24) is 9.88 Å². The summed E-state index contributed by atoms with van der Waals surface area (Å²) in [4.78, 5) is 39.9. The van der Waals surface area contributed by atoms with Crippen LogP contribution in [0.4, 0.5) is 4.79 Å². The van der Waals surface area contributed by atoms with E-state index in [0.29, 0.717) is 22.9 Å². The van der Waals surface area contributed by atoms with E-state index >= 15 is 0 Å². The third kappa shape index (κ3) is 6.04. The number of aromatic carboxylic acids is 1. The summed E-state index contributed by atoms with van der Waals surface area (Å²) in [6.07, 6.45) is -0.111. The molecule has 3 N–H and O–H groups in total. The van der Waals surface area contributed by atoms with Crippen molar-refractivity contribution in [2.24, 2.45) is 0 Å². The van der Waals surface area contributed by atoms with E-state index in [4.69, 9.17) is 16.3 Å². The topological polar surface area (TPSA) is 120 Å². The van der Waals surface area contributed by atoms with Crippen LogP contribution in [-0.4, -0.2) is 44.3 Å². The maximum atomic E-state index is 12.9. The van der Waals surface area contributed by atoms with Crippen LogP contribution in [-0.2, 0) is 17.7 Å². The Balaban J connectivity index is 1.88. The summed E-state index contributed by atoms with van der Waals surface area (Å²) >= 11 is 6.09. The molecule has 174 valence electrons. The van der Waals surface area contributed by atoms with Crippen LogP contribution in [0.25, 0.3) is 10.9 Å². The molecule has 9 heteroatoms. The number of ether oxygens (including phenoxy) is 1. The number of carboxylic acids is 1. The number of amides is 1. The predicted octanol–water partition coefficient (Wildman–Crippen LogP) is 4.57. The van der Waals surface area contributed by atoms with E-state index < -0.39 is 17.7 Å². The van der Waals surface area contributed by atoms with Crippen LogP contribution in [0, 0.1) is 0 Å². The minimum atomic E-state index is -1.13. The summed E-state index contributed by atoms with van der Waals surface area (Å²) < 4.78 is 5.55. The number of hydrogen-bond donors (Lipinski definition) is 3. The van der Waals surface area contributed by atoms with E-state index in [0.717, 1.165) is 5.56 Å². The average molecular weight is 473 g/mol. The second-order valence-electron chi connectivity index (χ2n) is 8.63. The summed E-state index contributed by atoms with van der Waals surface area (Å²) in [6.45, 7) is 5.73. The van der Waals surface area contributed by atoms with Crippen molar-refractivity contribution in [2.45, 2.75) is 39.3 Å². The molecule has 3 rings (SSSR count). The van der Waals surface area contributed by atoms with Crippen molar-refractivity contribution in [2.75, 3.05) is 6.54 Å². The van der Waals surface area contributed by atoms with Crippen LogP contribution in [0.1, 0.15) is 42.3 Å². The van der Waals surface area contributed by atoms with Crippen LogP contribution in [0.5, 0.6) is 5.75 Å². The van der Waals surface area contributed by atoms with Gasteiger partial charge in [0.1, 0.15) is 11.4 Å². The Kier molecular flexibility index (Phi) is 6.98. The number of aromatic nitrogens is 1. The highest BCUT2D eigenvalue weighted by molar-refractivity contribution is 6.33. The van der Waals surface area contributed by atoms with Crippen molar-refractivity contribution < 1.29 is 24.5 Å². The van der Waals surface area contributed by atoms with E-state index in [1.807, 2.05) is 0 Å². The highest BCUT2D eigenvalue weighted by Crippen LogP contribution is 2.26. The summed E-state index contributed by atoms with van der Waals surface area (Å²) in [5.41, 5.74) is 0.758. The SMILES string of the molecule is CC(C)(C)OC(=O)N(CCc1ccc(O)c2[nH]c(=O)ccc12)Cc1ccc(C(=O)O)c(Cl)c1. The Morgan fingerprint density at radius 1 is 1.12 bits per heavy atom. The Morgan fingerprint density at radius 2 is 1.85 bits per heavy atom. The normalized spacial score (nSPS) is 11.4. The first-order valence-electron chi connectivity index (χ1n) is 10.3. The van der Waals surface area contributed by atoms with Gasteiger partial charge in [0.15, 0.2) is 0 Å². The lowest BCUT2D eigenvalue weighted by Gasteiger charge is -2.28. The van der Waals surface area contributed by atoms with Crippen LogP contribution >= 0.6 is 11.6 Å². The molecule has 0 aliphatic rings. The van der Waals surface area contributed by atoms with Gasteiger partial charge >= 0.3 is 12.1 Å². The smallest absolute Gasteiger partial charge is 0.410 e. The van der Waals surface area contributed by atoms with Gasteiger partial charge in [0, 0.05) is 24.5 Å². The van der Waals surface area contributed by atoms with Gasteiger partial charge in [-0.25, -0.2) is 9.59 Å². The Morgan fingerprint density at radius 3 is 2.48 bits per heavy atom. The van der Waals surface area contributed by atoms with Crippen LogP contribution in [0.2, 0.25) is 5.02 Å². The first kappa shape index (κ1) is 24.1. The van der Waals surface area contributed by atoms with Crippen LogP contribution in [0.15, 0.2) is 47.3 Å². The van der Waals surface area contributed by atoms with Gasteiger partial charge in [0.2, 0.25) is 5.56 Å². The van der Waals surface area contributed by atoms with E-state index in [1.165, 1.54) is 29.2 Å². The van der Waals surface area contributed by atoms with E-state index in [9.17, 15) is 24.6 Å². The third-order valence-electron chi connectivity index (χ3n) is 4.90. The van der Waals surface area contributed by atoms with E-state index in [2.05, 4.69) is 4.98 Å².